The van der Waals surface area contributed by atoms with E-state index < -0.39 is 0 Å². The van der Waals surface area contributed by atoms with Gasteiger partial charge in [-0.1, -0.05) is 0 Å². The number of likely N-dealkylation sites (N-methyl/N-ethyl adjacent to an activating group) is 1. The Kier molecular flexibility index (Phi) is 3.38. The Labute approximate surface area is 86.0 Å². The van der Waals surface area contributed by atoms with E-state index in [4.69, 9.17) is 4.74 Å². The monoisotopic (exact) mass is 199 g/mol. The summed E-state index contributed by atoms with van der Waals surface area (Å²) >= 11 is 0. The van der Waals surface area contributed by atoms with Gasteiger partial charge in [0.15, 0.2) is 0 Å². The molecule has 0 aromatic rings. The van der Waals surface area contributed by atoms with Crippen LogP contribution in [0.15, 0.2) is 0 Å². The van der Waals surface area contributed by atoms with Crippen LogP contribution in [0.3, 0.4) is 0 Å². The third-order valence-electron chi connectivity index (χ3n) is 3.35. The van der Waals surface area contributed by atoms with Crippen molar-refractivity contribution in [1.82, 2.24) is 15.5 Å². The highest BCUT2D eigenvalue weighted by molar-refractivity contribution is 4.93. The summed E-state index contributed by atoms with van der Waals surface area (Å²) in [5.41, 5.74) is 0. The van der Waals surface area contributed by atoms with Crippen LogP contribution in [0.1, 0.15) is 6.42 Å². The topological polar surface area (TPSA) is 36.5 Å². The molecule has 14 heavy (non-hydrogen) atoms. The van der Waals surface area contributed by atoms with Gasteiger partial charge in [0, 0.05) is 45.4 Å². The molecule has 2 N–H and O–H groups in total. The zero-order chi connectivity index (χ0) is 9.97. The molecule has 4 nitrogen and oxygen atoms in total. The highest BCUT2D eigenvalue weighted by Crippen LogP contribution is 2.14. The Morgan fingerprint density at radius 2 is 2.14 bits per heavy atom. The van der Waals surface area contributed by atoms with Crippen LogP contribution >= 0.6 is 0 Å². The number of ether oxygens (including phenoxy) is 1. The maximum atomic E-state index is 5.36. The summed E-state index contributed by atoms with van der Waals surface area (Å²) in [6.07, 6.45) is 1.55. The first-order chi connectivity index (χ1) is 6.79. The Bertz CT molecular complexity index is 188. The largest absolute Gasteiger partial charge is 0.380 e. The summed E-state index contributed by atoms with van der Waals surface area (Å²) in [7, 11) is 3.99. The second-order valence-corrected chi connectivity index (χ2v) is 4.43. The van der Waals surface area contributed by atoms with Crippen molar-refractivity contribution >= 4 is 0 Å². The minimum absolute atomic E-state index is 0.411. The minimum atomic E-state index is 0.411. The van der Waals surface area contributed by atoms with Crippen molar-refractivity contribution in [3.63, 3.8) is 0 Å². The Hall–Kier alpha value is -0.160. The quantitative estimate of drug-likeness (QED) is 0.614. The van der Waals surface area contributed by atoms with Crippen molar-refractivity contribution < 1.29 is 4.74 Å². The average molecular weight is 199 g/mol. The van der Waals surface area contributed by atoms with Crippen LogP contribution in [0, 0.1) is 0 Å². The highest BCUT2D eigenvalue weighted by Gasteiger charge is 2.32. The molecule has 0 aromatic carbocycles. The van der Waals surface area contributed by atoms with Crippen molar-refractivity contribution in [2.24, 2.45) is 0 Å². The van der Waals surface area contributed by atoms with Gasteiger partial charge in [-0.05, 0) is 13.5 Å². The number of rotatable bonds is 2. The molecular weight excluding hydrogens is 178 g/mol. The molecule has 2 fully saturated rings. The lowest BCUT2D eigenvalue weighted by atomic mass is 10.0. The molecule has 3 atom stereocenters. The SMILES string of the molecule is COC1CNC(C2CN(C)CCN2)C1. The van der Waals surface area contributed by atoms with Crippen LogP contribution in [0.25, 0.3) is 0 Å². The smallest absolute Gasteiger partial charge is 0.0711 e. The van der Waals surface area contributed by atoms with Crippen molar-refractivity contribution in [3.8, 4) is 0 Å². The van der Waals surface area contributed by atoms with Crippen molar-refractivity contribution in [3.05, 3.63) is 0 Å². The molecule has 0 spiro atoms. The van der Waals surface area contributed by atoms with Gasteiger partial charge >= 0.3 is 0 Å². The normalized spacial score (nSPS) is 40.3. The Morgan fingerprint density at radius 3 is 2.79 bits per heavy atom. The summed E-state index contributed by atoms with van der Waals surface area (Å²) in [4.78, 5) is 2.39. The molecule has 0 bridgehead atoms. The lowest BCUT2D eigenvalue weighted by molar-refractivity contribution is 0.114. The molecule has 3 unspecified atom stereocenters. The van der Waals surface area contributed by atoms with E-state index in [1.807, 2.05) is 0 Å². The summed E-state index contributed by atoms with van der Waals surface area (Å²) in [5, 5.41) is 7.11. The van der Waals surface area contributed by atoms with E-state index in [-0.39, 0.29) is 0 Å². The third-order valence-corrected chi connectivity index (χ3v) is 3.35. The molecule has 2 rings (SSSR count). The van der Waals surface area contributed by atoms with Gasteiger partial charge in [0.1, 0.15) is 0 Å². The molecule has 2 saturated heterocycles. The average Bonchev–Trinajstić information content (AvgIpc) is 2.66. The van der Waals surface area contributed by atoms with E-state index in [1.165, 1.54) is 0 Å². The Morgan fingerprint density at radius 1 is 1.29 bits per heavy atom. The third kappa shape index (κ3) is 2.25. The molecule has 2 aliphatic rings. The Balaban J connectivity index is 1.83. The molecule has 0 saturated carbocycles. The predicted molar refractivity (Wildman–Crippen MR) is 56.5 cm³/mol. The number of nitrogens with zero attached hydrogens (tertiary/aromatic N) is 1. The molecule has 0 radical (unpaired) electrons. The fourth-order valence-corrected chi connectivity index (χ4v) is 2.42. The summed E-state index contributed by atoms with van der Waals surface area (Å²) in [6.45, 7) is 4.42. The van der Waals surface area contributed by atoms with Crippen LogP contribution in [0.4, 0.5) is 0 Å². The van der Waals surface area contributed by atoms with Gasteiger partial charge in [-0.3, -0.25) is 0 Å². The number of nitrogens with one attached hydrogen (secondary N) is 2. The van der Waals surface area contributed by atoms with Gasteiger partial charge in [-0.25, -0.2) is 0 Å². The number of hydrogen-bond donors (Lipinski definition) is 2. The molecule has 0 aliphatic carbocycles. The highest BCUT2D eigenvalue weighted by atomic mass is 16.5. The molecule has 2 aliphatic heterocycles. The molecular formula is C10H21N3O. The van der Waals surface area contributed by atoms with Crippen molar-refractivity contribution in [2.75, 3.05) is 40.3 Å². The standard InChI is InChI=1S/C10H21N3O/c1-13-4-3-11-10(7-13)9-5-8(14-2)6-12-9/h8-12H,3-7H2,1-2H3. The maximum Gasteiger partial charge on any atom is 0.0711 e. The molecule has 4 heteroatoms. The van der Waals surface area contributed by atoms with E-state index in [1.54, 1.807) is 7.11 Å². The first-order valence-corrected chi connectivity index (χ1v) is 5.47. The fourth-order valence-electron chi connectivity index (χ4n) is 2.42. The van der Waals surface area contributed by atoms with Crippen LogP contribution in [0.5, 0.6) is 0 Å². The zero-order valence-corrected chi connectivity index (χ0v) is 9.12. The summed E-state index contributed by atoms with van der Waals surface area (Å²) < 4.78 is 5.36. The summed E-state index contributed by atoms with van der Waals surface area (Å²) in [6, 6.07) is 1.18. The van der Waals surface area contributed by atoms with Crippen LogP contribution in [0.2, 0.25) is 0 Å². The second-order valence-electron chi connectivity index (χ2n) is 4.43. The van der Waals surface area contributed by atoms with E-state index in [0.717, 1.165) is 32.6 Å². The van der Waals surface area contributed by atoms with Crippen molar-refractivity contribution in [1.29, 1.82) is 0 Å². The zero-order valence-electron chi connectivity index (χ0n) is 9.12. The lowest BCUT2D eigenvalue weighted by Gasteiger charge is -2.34. The van der Waals surface area contributed by atoms with E-state index in [9.17, 15) is 0 Å². The first kappa shape index (κ1) is 10.4. The number of hydrogen-bond acceptors (Lipinski definition) is 4. The summed E-state index contributed by atoms with van der Waals surface area (Å²) in [5.74, 6) is 0. The minimum Gasteiger partial charge on any atom is -0.380 e. The van der Waals surface area contributed by atoms with Crippen LogP contribution in [-0.2, 0) is 4.74 Å². The van der Waals surface area contributed by atoms with Gasteiger partial charge < -0.3 is 20.3 Å². The fraction of sp³-hybridized carbons (Fsp3) is 1.00. The van der Waals surface area contributed by atoms with E-state index >= 15 is 0 Å². The molecule has 0 aromatic heterocycles. The molecule has 0 amide bonds. The first-order valence-electron chi connectivity index (χ1n) is 5.47. The maximum absolute atomic E-state index is 5.36. The lowest BCUT2D eigenvalue weighted by Crippen LogP contribution is -2.56. The van der Waals surface area contributed by atoms with Gasteiger partial charge in [-0.2, -0.15) is 0 Å². The van der Waals surface area contributed by atoms with E-state index in [0.29, 0.717) is 18.2 Å². The van der Waals surface area contributed by atoms with Gasteiger partial charge in [0.25, 0.3) is 0 Å². The molecule has 2 heterocycles. The van der Waals surface area contributed by atoms with Crippen LogP contribution < -0.4 is 10.6 Å². The predicted octanol–water partition coefficient (Wildman–Crippen LogP) is -0.733. The number of piperazine rings is 1. The number of methoxy groups -OCH3 is 1. The van der Waals surface area contributed by atoms with E-state index in [2.05, 4.69) is 22.6 Å². The second kappa shape index (κ2) is 4.57. The van der Waals surface area contributed by atoms with Gasteiger partial charge in [-0.15, -0.1) is 0 Å². The van der Waals surface area contributed by atoms with Gasteiger partial charge in [0.2, 0.25) is 0 Å². The molecule has 82 valence electrons. The van der Waals surface area contributed by atoms with Crippen molar-refractivity contribution in [2.45, 2.75) is 24.6 Å². The van der Waals surface area contributed by atoms with Gasteiger partial charge in [0.05, 0.1) is 6.10 Å². The van der Waals surface area contributed by atoms with Crippen LogP contribution in [-0.4, -0.2) is 63.4 Å².